The fraction of sp³-hybridized carbons (Fsp3) is 0.0435. The molecule has 3 aromatic carbocycles. The van der Waals surface area contributed by atoms with Crippen LogP contribution in [-0.4, -0.2) is 10.9 Å². The molecule has 0 saturated heterocycles. The van der Waals surface area contributed by atoms with E-state index in [2.05, 4.69) is 40.6 Å². The molecule has 27 heavy (non-hydrogen) atoms. The fourth-order valence-electron chi connectivity index (χ4n) is 3.02. The molecule has 0 radical (unpaired) electrons. The number of hydrogen-bond donors (Lipinski definition) is 1. The first-order chi connectivity index (χ1) is 13.2. The van der Waals surface area contributed by atoms with Crippen molar-refractivity contribution < 1.29 is 4.79 Å². The third-order valence-corrected chi connectivity index (χ3v) is 5.38. The van der Waals surface area contributed by atoms with Crippen LogP contribution in [0.25, 0.3) is 10.8 Å². The summed E-state index contributed by atoms with van der Waals surface area (Å²) in [7, 11) is 0. The van der Waals surface area contributed by atoms with E-state index in [9.17, 15) is 4.79 Å². The molecule has 1 aromatic heterocycles. The van der Waals surface area contributed by atoms with Gasteiger partial charge in [0, 0.05) is 21.4 Å². The van der Waals surface area contributed by atoms with Crippen molar-refractivity contribution >= 4 is 34.1 Å². The monoisotopic (exact) mass is 370 g/mol. The highest BCUT2D eigenvalue weighted by Crippen LogP contribution is 2.37. The number of pyridine rings is 1. The molecular formula is C23H18N2OS. The highest BCUT2D eigenvalue weighted by molar-refractivity contribution is 7.99. The molecule has 0 spiro atoms. The van der Waals surface area contributed by atoms with Crippen molar-refractivity contribution in [2.75, 3.05) is 5.32 Å². The number of anilines is 1. The van der Waals surface area contributed by atoms with Gasteiger partial charge in [-0.1, -0.05) is 60.3 Å². The Kier molecular flexibility index (Phi) is 4.90. The predicted octanol–water partition coefficient (Wildman–Crippen LogP) is 5.95. The summed E-state index contributed by atoms with van der Waals surface area (Å²) in [5.74, 6) is -0.194. The van der Waals surface area contributed by atoms with E-state index in [4.69, 9.17) is 0 Å². The Bertz CT molecular complexity index is 1100. The van der Waals surface area contributed by atoms with Gasteiger partial charge in [0.1, 0.15) is 5.69 Å². The normalized spacial score (nSPS) is 10.7. The van der Waals surface area contributed by atoms with Crippen LogP contribution in [-0.2, 0) is 0 Å². The maximum absolute atomic E-state index is 12.8. The predicted molar refractivity (Wildman–Crippen MR) is 111 cm³/mol. The Balaban J connectivity index is 1.75. The van der Waals surface area contributed by atoms with Crippen molar-refractivity contribution in [2.24, 2.45) is 0 Å². The molecule has 0 saturated carbocycles. The number of carbonyl (C=O) groups is 1. The minimum Gasteiger partial charge on any atom is -0.320 e. The van der Waals surface area contributed by atoms with Gasteiger partial charge in [-0.3, -0.25) is 9.78 Å². The van der Waals surface area contributed by atoms with E-state index in [0.717, 1.165) is 31.8 Å². The number of hydrogen-bond acceptors (Lipinski definition) is 3. The Hall–Kier alpha value is -3.11. The van der Waals surface area contributed by atoms with Gasteiger partial charge in [0.25, 0.3) is 5.91 Å². The van der Waals surface area contributed by atoms with Gasteiger partial charge in [0.2, 0.25) is 0 Å². The molecule has 4 rings (SSSR count). The van der Waals surface area contributed by atoms with Crippen molar-refractivity contribution in [3.63, 3.8) is 0 Å². The lowest BCUT2D eigenvalue weighted by atomic mass is 10.1. The first kappa shape index (κ1) is 17.3. The van der Waals surface area contributed by atoms with E-state index in [1.807, 2.05) is 55.5 Å². The lowest BCUT2D eigenvalue weighted by Crippen LogP contribution is -2.15. The van der Waals surface area contributed by atoms with Gasteiger partial charge >= 0.3 is 0 Å². The number of aryl methyl sites for hydroxylation is 1. The van der Waals surface area contributed by atoms with Crippen LogP contribution in [0.3, 0.4) is 0 Å². The van der Waals surface area contributed by atoms with Crippen LogP contribution in [0.1, 0.15) is 16.1 Å². The van der Waals surface area contributed by atoms with Gasteiger partial charge in [-0.25, -0.2) is 0 Å². The van der Waals surface area contributed by atoms with Crippen LogP contribution < -0.4 is 5.32 Å². The van der Waals surface area contributed by atoms with E-state index in [-0.39, 0.29) is 5.91 Å². The van der Waals surface area contributed by atoms with Crippen LogP contribution >= 0.6 is 11.8 Å². The first-order valence-electron chi connectivity index (χ1n) is 8.70. The van der Waals surface area contributed by atoms with Gasteiger partial charge in [-0.2, -0.15) is 0 Å². The molecule has 132 valence electrons. The Morgan fingerprint density at radius 2 is 1.67 bits per heavy atom. The van der Waals surface area contributed by atoms with Crippen molar-refractivity contribution in [2.45, 2.75) is 16.7 Å². The Labute approximate surface area is 162 Å². The maximum atomic E-state index is 12.8. The average Bonchev–Trinajstić information content (AvgIpc) is 2.69. The SMILES string of the molecule is Cc1cccnc1C(=O)Nc1cccc2cccc(Sc3ccccc3)c12. The van der Waals surface area contributed by atoms with Crippen LogP contribution in [0.15, 0.2) is 94.9 Å². The van der Waals surface area contributed by atoms with Crippen molar-refractivity contribution in [3.05, 3.63) is 96.3 Å². The molecule has 1 amide bonds. The van der Waals surface area contributed by atoms with Gasteiger partial charge in [-0.15, -0.1) is 0 Å². The van der Waals surface area contributed by atoms with E-state index < -0.39 is 0 Å². The Morgan fingerprint density at radius 3 is 2.44 bits per heavy atom. The standard InChI is InChI=1S/C23H18N2OS/c1-16-8-7-15-24-22(16)23(26)25-19-13-5-9-17-10-6-14-20(21(17)19)27-18-11-3-2-4-12-18/h2-15H,1H3,(H,25,26). The molecule has 0 aliphatic rings. The third-order valence-electron chi connectivity index (χ3n) is 4.31. The van der Waals surface area contributed by atoms with E-state index in [0.29, 0.717) is 5.69 Å². The van der Waals surface area contributed by atoms with Gasteiger partial charge in [0.05, 0.1) is 5.69 Å². The van der Waals surface area contributed by atoms with E-state index >= 15 is 0 Å². The number of amides is 1. The van der Waals surface area contributed by atoms with Crippen LogP contribution in [0.5, 0.6) is 0 Å². The number of nitrogens with one attached hydrogen (secondary N) is 1. The molecule has 0 aliphatic carbocycles. The summed E-state index contributed by atoms with van der Waals surface area (Å²) in [4.78, 5) is 19.3. The minimum atomic E-state index is -0.194. The summed E-state index contributed by atoms with van der Waals surface area (Å²) in [6.45, 7) is 1.89. The summed E-state index contributed by atoms with van der Waals surface area (Å²) < 4.78 is 0. The lowest BCUT2D eigenvalue weighted by Gasteiger charge is -2.13. The molecule has 3 nitrogen and oxygen atoms in total. The number of carbonyl (C=O) groups excluding carboxylic acids is 1. The lowest BCUT2D eigenvalue weighted by molar-refractivity contribution is 0.102. The number of benzene rings is 3. The van der Waals surface area contributed by atoms with Crippen molar-refractivity contribution in [1.82, 2.24) is 4.98 Å². The van der Waals surface area contributed by atoms with Gasteiger partial charge in [-0.05, 0) is 48.2 Å². The molecule has 0 bridgehead atoms. The molecule has 0 aliphatic heterocycles. The Morgan fingerprint density at radius 1 is 0.889 bits per heavy atom. The number of nitrogens with zero attached hydrogens (tertiary/aromatic N) is 1. The van der Waals surface area contributed by atoms with E-state index in [1.54, 1.807) is 18.0 Å². The van der Waals surface area contributed by atoms with E-state index in [1.165, 1.54) is 0 Å². The smallest absolute Gasteiger partial charge is 0.274 e. The molecular weight excluding hydrogens is 352 g/mol. The molecule has 0 fully saturated rings. The first-order valence-corrected chi connectivity index (χ1v) is 9.51. The highest BCUT2D eigenvalue weighted by Gasteiger charge is 2.14. The summed E-state index contributed by atoms with van der Waals surface area (Å²) >= 11 is 1.69. The van der Waals surface area contributed by atoms with Crippen molar-refractivity contribution in [1.29, 1.82) is 0 Å². The number of aromatic nitrogens is 1. The summed E-state index contributed by atoms with van der Waals surface area (Å²) in [5.41, 5.74) is 2.10. The van der Waals surface area contributed by atoms with Crippen LogP contribution in [0, 0.1) is 6.92 Å². The zero-order chi connectivity index (χ0) is 18.6. The molecule has 4 aromatic rings. The summed E-state index contributed by atoms with van der Waals surface area (Å²) in [5, 5.41) is 5.18. The molecule has 0 atom stereocenters. The average molecular weight is 370 g/mol. The molecule has 1 heterocycles. The second-order valence-corrected chi connectivity index (χ2v) is 7.31. The number of rotatable bonds is 4. The summed E-state index contributed by atoms with van der Waals surface area (Å²) in [6.07, 6.45) is 1.64. The second kappa shape index (κ2) is 7.64. The van der Waals surface area contributed by atoms with Crippen LogP contribution in [0.4, 0.5) is 5.69 Å². The molecule has 4 heteroatoms. The van der Waals surface area contributed by atoms with Crippen LogP contribution in [0.2, 0.25) is 0 Å². The fourth-order valence-corrected chi connectivity index (χ4v) is 4.04. The minimum absolute atomic E-state index is 0.194. The third kappa shape index (κ3) is 3.71. The topological polar surface area (TPSA) is 42.0 Å². The molecule has 0 unspecified atom stereocenters. The van der Waals surface area contributed by atoms with Gasteiger partial charge in [0.15, 0.2) is 0 Å². The zero-order valence-electron chi connectivity index (χ0n) is 14.8. The van der Waals surface area contributed by atoms with Gasteiger partial charge < -0.3 is 5.32 Å². The summed E-state index contributed by atoms with van der Waals surface area (Å²) in [6, 6.07) is 26.1. The number of fused-ring (bicyclic) bond motifs is 1. The maximum Gasteiger partial charge on any atom is 0.274 e. The highest BCUT2D eigenvalue weighted by atomic mass is 32.2. The second-order valence-electron chi connectivity index (χ2n) is 6.20. The zero-order valence-corrected chi connectivity index (χ0v) is 15.7. The molecule has 1 N–H and O–H groups in total. The largest absolute Gasteiger partial charge is 0.320 e. The van der Waals surface area contributed by atoms with Crippen molar-refractivity contribution in [3.8, 4) is 0 Å². The quantitative estimate of drug-likeness (QED) is 0.483.